The van der Waals surface area contributed by atoms with Gasteiger partial charge in [0.2, 0.25) is 5.91 Å². The fraction of sp³-hybridized carbons (Fsp3) is 0.722. The molecule has 1 aliphatic rings. The van der Waals surface area contributed by atoms with Crippen LogP contribution >= 0.6 is 0 Å². The number of carbonyl (C=O) groups excluding carboxylic acids is 1. The molecule has 0 spiro atoms. The predicted octanol–water partition coefficient (Wildman–Crippen LogP) is 0.552. The standard InChI is InChI=1S/C18H32N6O2/c1-13(2)21-17(25)12-23-8-10-24(11-9-23)18(19-5)20-7-6-16-14(3)22-26-15(16)4/h13H,6-12H2,1-5H3,(H,19,20)(H,21,25). The third kappa shape index (κ3) is 5.72. The molecular weight excluding hydrogens is 332 g/mol. The maximum Gasteiger partial charge on any atom is 0.234 e. The van der Waals surface area contributed by atoms with Gasteiger partial charge in [0.25, 0.3) is 0 Å². The van der Waals surface area contributed by atoms with Gasteiger partial charge in [-0.2, -0.15) is 0 Å². The smallest absolute Gasteiger partial charge is 0.234 e. The van der Waals surface area contributed by atoms with Gasteiger partial charge < -0.3 is 20.1 Å². The zero-order valence-electron chi connectivity index (χ0n) is 16.6. The molecular formula is C18H32N6O2. The van der Waals surface area contributed by atoms with Crippen LogP contribution in [0.1, 0.15) is 30.9 Å². The van der Waals surface area contributed by atoms with Crippen LogP contribution < -0.4 is 10.6 Å². The molecule has 1 saturated heterocycles. The highest BCUT2D eigenvalue weighted by atomic mass is 16.5. The summed E-state index contributed by atoms with van der Waals surface area (Å²) in [5, 5.41) is 10.4. The van der Waals surface area contributed by atoms with E-state index >= 15 is 0 Å². The van der Waals surface area contributed by atoms with Gasteiger partial charge in [0.05, 0.1) is 12.2 Å². The Morgan fingerprint density at radius 1 is 1.27 bits per heavy atom. The molecule has 1 amide bonds. The first-order valence-corrected chi connectivity index (χ1v) is 9.29. The number of piperazine rings is 1. The van der Waals surface area contributed by atoms with Crippen molar-refractivity contribution in [1.29, 1.82) is 0 Å². The lowest BCUT2D eigenvalue weighted by molar-refractivity contribution is -0.123. The second-order valence-electron chi connectivity index (χ2n) is 7.01. The molecule has 0 aliphatic carbocycles. The van der Waals surface area contributed by atoms with E-state index in [1.165, 1.54) is 0 Å². The summed E-state index contributed by atoms with van der Waals surface area (Å²) in [6, 6.07) is 0.185. The fourth-order valence-electron chi connectivity index (χ4n) is 3.18. The van der Waals surface area contributed by atoms with E-state index in [4.69, 9.17) is 4.52 Å². The van der Waals surface area contributed by atoms with Gasteiger partial charge in [0.15, 0.2) is 5.96 Å². The number of amides is 1. The van der Waals surface area contributed by atoms with Gasteiger partial charge in [-0.15, -0.1) is 0 Å². The molecule has 0 saturated carbocycles. The molecule has 8 heteroatoms. The third-order valence-corrected chi connectivity index (χ3v) is 4.54. The van der Waals surface area contributed by atoms with E-state index in [0.29, 0.717) is 6.54 Å². The van der Waals surface area contributed by atoms with Gasteiger partial charge in [-0.05, 0) is 34.1 Å². The number of aromatic nitrogens is 1. The van der Waals surface area contributed by atoms with Crippen molar-refractivity contribution in [2.45, 2.75) is 40.2 Å². The van der Waals surface area contributed by atoms with Crippen molar-refractivity contribution in [3.8, 4) is 0 Å². The van der Waals surface area contributed by atoms with Gasteiger partial charge in [-0.25, -0.2) is 0 Å². The van der Waals surface area contributed by atoms with Gasteiger partial charge >= 0.3 is 0 Å². The minimum absolute atomic E-state index is 0.0930. The van der Waals surface area contributed by atoms with E-state index < -0.39 is 0 Å². The highest BCUT2D eigenvalue weighted by Crippen LogP contribution is 2.12. The predicted molar refractivity (Wildman–Crippen MR) is 102 cm³/mol. The molecule has 0 unspecified atom stereocenters. The van der Waals surface area contributed by atoms with Crippen molar-refractivity contribution in [2.75, 3.05) is 46.3 Å². The Morgan fingerprint density at radius 3 is 2.50 bits per heavy atom. The van der Waals surface area contributed by atoms with E-state index in [9.17, 15) is 4.79 Å². The molecule has 2 rings (SSSR count). The van der Waals surface area contributed by atoms with Gasteiger partial charge in [-0.3, -0.25) is 14.7 Å². The number of rotatable bonds is 6. The molecule has 26 heavy (non-hydrogen) atoms. The van der Waals surface area contributed by atoms with Crippen molar-refractivity contribution in [3.05, 3.63) is 17.0 Å². The number of hydrogen-bond acceptors (Lipinski definition) is 5. The normalized spacial score (nSPS) is 16.2. The summed E-state index contributed by atoms with van der Waals surface area (Å²) in [6.45, 7) is 12.6. The van der Waals surface area contributed by atoms with Crippen LogP contribution in [-0.4, -0.2) is 79.2 Å². The second kappa shape index (κ2) is 9.56. The SMILES string of the molecule is CN=C(NCCc1c(C)noc1C)N1CCN(CC(=O)NC(C)C)CC1. The van der Waals surface area contributed by atoms with Crippen molar-refractivity contribution in [3.63, 3.8) is 0 Å². The van der Waals surface area contributed by atoms with E-state index in [1.807, 2.05) is 27.7 Å². The first kappa shape index (κ1) is 20.2. The van der Waals surface area contributed by atoms with E-state index in [2.05, 4.69) is 30.6 Å². The van der Waals surface area contributed by atoms with Gasteiger partial charge in [0.1, 0.15) is 5.76 Å². The lowest BCUT2D eigenvalue weighted by atomic mass is 10.1. The maximum absolute atomic E-state index is 11.9. The molecule has 0 bridgehead atoms. The van der Waals surface area contributed by atoms with Crippen LogP contribution in [0.15, 0.2) is 9.52 Å². The molecule has 1 aromatic rings. The monoisotopic (exact) mass is 364 g/mol. The summed E-state index contributed by atoms with van der Waals surface area (Å²) < 4.78 is 5.21. The first-order chi connectivity index (χ1) is 12.4. The van der Waals surface area contributed by atoms with Crippen LogP contribution in [0.2, 0.25) is 0 Å². The molecule has 0 atom stereocenters. The minimum atomic E-state index is 0.0930. The highest BCUT2D eigenvalue weighted by Gasteiger charge is 2.21. The molecule has 1 aliphatic heterocycles. The Kier molecular flexibility index (Phi) is 7.44. The van der Waals surface area contributed by atoms with Crippen LogP contribution in [0.3, 0.4) is 0 Å². The zero-order valence-corrected chi connectivity index (χ0v) is 16.6. The molecule has 146 valence electrons. The largest absolute Gasteiger partial charge is 0.361 e. The summed E-state index contributed by atoms with van der Waals surface area (Å²) in [5.74, 6) is 1.88. The zero-order chi connectivity index (χ0) is 19.1. The Morgan fingerprint density at radius 2 is 1.96 bits per heavy atom. The van der Waals surface area contributed by atoms with Crippen LogP contribution in [-0.2, 0) is 11.2 Å². The van der Waals surface area contributed by atoms with E-state index in [1.54, 1.807) is 7.05 Å². The summed E-state index contributed by atoms with van der Waals surface area (Å²) in [5.41, 5.74) is 2.11. The van der Waals surface area contributed by atoms with Gasteiger partial charge in [-0.1, -0.05) is 5.16 Å². The number of nitrogens with one attached hydrogen (secondary N) is 2. The number of hydrogen-bond donors (Lipinski definition) is 2. The Labute approximate surface area is 156 Å². The highest BCUT2D eigenvalue weighted by molar-refractivity contribution is 5.80. The lowest BCUT2D eigenvalue weighted by Crippen LogP contribution is -2.54. The Bertz CT molecular complexity index is 598. The molecule has 0 aromatic carbocycles. The topological polar surface area (TPSA) is 86.0 Å². The summed E-state index contributed by atoms with van der Waals surface area (Å²) >= 11 is 0. The van der Waals surface area contributed by atoms with Crippen molar-refractivity contribution >= 4 is 11.9 Å². The van der Waals surface area contributed by atoms with Crippen LogP contribution in [0.5, 0.6) is 0 Å². The summed E-state index contributed by atoms with van der Waals surface area (Å²) in [4.78, 5) is 20.7. The number of nitrogens with zero attached hydrogens (tertiary/aromatic N) is 4. The van der Waals surface area contributed by atoms with Gasteiger partial charge in [0, 0.05) is 51.4 Å². The quantitative estimate of drug-likeness (QED) is 0.566. The molecule has 8 nitrogen and oxygen atoms in total. The molecule has 1 fully saturated rings. The third-order valence-electron chi connectivity index (χ3n) is 4.54. The van der Waals surface area contributed by atoms with Crippen LogP contribution in [0.4, 0.5) is 0 Å². The number of aliphatic imine (C=N–C) groups is 1. The number of guanidine groups is 1. The molecule has 2 N–H and O–H groups in total. The maximum atomic E-state index is 11.9. The summed E-state index contributed by atoms with van der Waals surface area (Å²) in [6.07, 6.45) is 0.857. The minimum Gasteiger partial charge on any atom is -0.361 e. The second-order valence-corrected chi connectivity index (χ2v) is 7.01. The average Bonchev–Trinajstić information content (AvgIpc) is 2.90. The lowest BCUT2D eigenvalue weighted by Gasteiger charge is -2.36. The van der Waals surface area contributed by atoms with E-state index in [-0.39, 0.29) is 11.9 Å². The van der Waals surface area contributed by atoms with E-state index in [0.717, 1.165) is 62.1 Å². The fourth-order valence-corrected chi connectivity index (χ4v) is 3.18. The Hall–Kier alpha value is -2.09. The number of aryl methyl sites for hydroxylation is 2. The first-order valence-electron chi connectivity index (χ1n) is 9.29. The molecule has 0 radical (unpaired) electrons. The van der Waals surface area contributed by atoms with Crippen molar-refractivity contribution in [2.24, 2.45) is 4.99 Å². The Balaban J connectivity index is 1.75. The van der Waals surface area contributed by atoms with Crippen molar-refractivity contribution in [1.82, 2.24) is 25.6 Å². The average molecular weight is 364 g/mol. The molecule has 2 heterocycles. The van der Waals surface area contributed by atoms with Crippen LogP contribution in [0.25, 0.3) is 0 Å². The summed E-state index contributed by atoms with van der Waals surface area (Å²) in [7, 11) is 1.81. The number of carbonyl (C=O) groups is 1. The van der Waals surface area contributed by atoms with Crippen molar-refractivity contribution < 1.29 is 9.32 Å². The molecule has 1 aromatic heterocycles. The van der Waals surface area contributed by atoms with Crippen LogP contribution in [0, 0.1) is 13.8 Å².